The lowest BCUT2D eigenvalue weighted by molar-refractivity contribution is -0.127. The van der Waals surface area contributed by atoms with Gasteiger partial charge in [-0.15, -0.1) is 0 Å². The maximum absolute atomic E-state index is 12.9. The van der Waals surface area contributed by atoms with E-state index in [4.69, 9.17) is 0 Å². The van der Waals surface area contributed by atoms with Gasteiger partial charge in [0.25, 0.3) is 0 Å². The maximum Gasteiger partial charge on any atom is 0.240 e. The van der Waals surface area contributed by atoms with Crippen LogP contribution in [0.1, 0.15) is 37.3 Å². The predicted octanol–water partition coefficient (Wildman–Crippen LogP) is 2.87. The molecule has 7 nitrogen and oxygen atoms in total. The first-order valence-corrected chi connectivity index (χ1v) is 12.4. The molecular weight excluding hydrogens is 426 g/mol. The Labute approximate surface area is 188 Å². The van der Waals surface area contributed by atoms with Crippen LogP contribution in [0.3, 0.4) is 0 Å². The molecule has 32 heavy (non-hydrogen) atoms. The number of aryl methyl sites for hydroxylation is 1. The number of sulfonamides is 1. The summed E-state index contributed by atoms with van der Waals surface area (Å²) >= 11 is 0. The van der Waals surface area contributed by atoms with Crippen LogP contribution in [0.5, 0.6) is 0 Å². The summed E-state index contributed by atoms with van der Waals surface area (Å²) in [5, 5.41) is 13.5. The second-order valence-corrected chi connectivity index (χ2v) is 10.2. The summed E-state index contributed by atoms with van der Waals surface area (Å²) in [6, 6.07) is 15.8. The number of nitrogens with one attached hydrogen (secondary N) is 2. The number of fused-ring (bicyclic) bond motifs is 1. The molecule has 2 aromatic carbocycles. The van der Waals surface area contributed by atoms with Crippen LogP contribution in [0, 0.1) is 5.92 Å². The summed E-state index contributed by atoms with van der Waals surface area (Å²) in [6.45, 7) is -0.170. The second kappa shape index (κ2) is 9.44. The van der Waals surface area contributed by atoms with Gasteiger partial charge in [-0.05, 0) is 55.5 Å². The lowest BCUT2D eigenvalue weighted by atomic mass is 9.85. The fourth-order valence-corrected chi connectivity index (χ4v) is 5.74. The highest BCUT2D eigenvalue weighted by Crippen LogP contribution is 2.27. The number of hydrogen-bond donors (Lipinski definition) is 3. The minimum absolute atomic E-state index is 0.0938. The first-order chi connectivity index (χ1) is 15.4. The number of nitrogens with zero attached hydrogens (tertiary/aromatic N) is 1. The molecule has 3 N–H and O–H groups in total. The molecule has 4 rings (SSSR count). The Morgan fingerprint density at radius 2 is 1.81 bits per heavy atom. The lowest BCUT2D eigenvalue weighted by Gasteiger charge is -2.29. The van der Waals surface area contributed by atoms with Gasteiger partial charge < -0.3 is 15.0 Å². The molecule has 3 aromatic rings. The van der Waals surface area contributed by atoms with Gasteiger partial charge in [0.1, 0.15) is 0 Å². The van der Waals surface area contributed by atoms with Gasteiger partial charge in [-0.1, -0.05) is 30.3 Å². The molecule has 1 aliphatic carbocycles. The van der Waals surface area contributed by atoms with E-state index in [2.05, 4.69) is 10.0 Å². The average Bonchev–Trinajstić information content (AvgIpc) is 3.18. The Kier molecular flexibility index (Phi) is 6.64. The number of carbonyl (C=O) groups is 1. The third kappa shape index (κ3) is 4.87. The van der Waals surface area contributed by atoms with E-state index in [0.29, 0.717) is 25.7 Å². The van der Waals surface area contributed by atoms with E-state index in [1.807, 2.05) is 60.3 Å². The normalized spacial score (nSPS) is 20.2. The van der Waals surface area contributed by atoms with Crippen LogP contribution < -0.4 is 10.0 Å². The highest BCUT2D eigenvalue weighted by molar-refractivity contribution is 7.89. The summed E-state index contributed by atoms with van der Waals surface area (Å²) in [4.78, 5) is 13.0. The van der Waals surface area contributed by atoms with Crippen LogP contribution in [-0.4, -0.2) is 36.6 Å². The van der Waals surface area contributed by atoms with E-state index < -0.39 is 16.1 Å². The van der Waals surface area contributed by atoms with Crippen LogP contribution in [-0.2, 0) is 21.9 Å². The van der Waals surface area contributed by atoms with E-state index in [9.17, 15) is 18.3 Å². The van der Waals surface area contributed by atoms with Crippen molar-refractivity contribution in [1.82, 2.24) is 14.6 Å². The zero-order valence-corrected chi connectivity index (χ0v) is 18.9. The summed E-state index contributed by atoms with van der Waals surface area (Å²) in [5.41, 5.74) is 1.84. The topological polar surface area (TPSA) is 100 Å². The van der Waals surface area contributed by atoms with E-state index >= 15 is 0 Å². The van der Waals surface area contributed by atoms with Crippen molar-refractivity contribution in [3.63, 3.8) is 0 Å². The van der Waals surface area contributed by atoms with Crippen molar-refractivity contribution in [1.29, 1.82) is 0 Å². The number of amides is 1. The highest BCUT2D eigenvalue weighted by atomic mass is 32.2. The quantitative estimate of drug-likeness (QED) is 0.510. The van der Waals surface area contributed by atoms with Gasteiger partial charge in [-0.2, -0.15) is 0 Å². The number of aromatic nitrogens is 1. The van der Waals surface area contributed by atoms with Crippen LogP contribution in [0.15, 0.2) is 65.7 Å². The summed E-state index contributed by atoms with van der Waals surface area (Å²) < 4.78 is 30.5. The first kappa shape index (κ1) is 22.5. The van der Waals surface area contributed by atoms with Gasteiger partial charge in [-0.3, -0.25) is 4.79 Å². The molecular formula is C24H29N3O4S. The second-order valence-electron chi connectivity index (χ2n) is 8.47. The van der Waals surface area contributed by atoms with Crippen molar-refractivity contribution < 1.29 is 18.3 Å². The molecule has 1 aliphatic rings. The van der Waals surface area contributed by atoms with Crippen molar-refractivity contribution in [3.8, 4) is 0 Å². The van der Waals surface area contributed by atoms with Gasteiger partial charge >= 0.3 is 0 Å². The maximum atomic E-state index is 12.9. The minimum atomic E-state index is -3.63. The molecule has 0 radical (unpaired) electrons. The van der Waals surface area contributed by atoms with E-state index in [0.717, 1.165) is 16.5 Å². The van der Waals surface area contributed by atoms with Crippen molar-refractivity contribution >= 4 is 26.8 Å². The Bertz CT molecular complexity index is 1180. The molecule has 0 saturated heterocycles. The van der Waals surface area contributed by atoms with Crippen molar-refractivity contribution in [2.24, 2.45) is 13.0 Å². The molecule has 1 amide bonds. The van der Waals surface area contributed by atoms with Gasteiger partial charge in [0.05, 0.1) is 17.5 Å². The van der Waals surface area contributed by atoms with Gasteiger partial charge in [-0.25, -0.2) is 13.1 Å². The molecule has 0 unspecified atom stereocenters. The van der Waals surface area contributed by atoms with E-state index in [-0.39, 0.29) is 29.4 Å². The van der Waals surface area contributed by atoms with Crippen molar-refractivity contribution in [2.75, 3.05) is 6.61 Å². The van der Waals surface area contributed by atoms with Crippen LogP contribution in [0.25, 0.3) is 10.9 Å². The predicted molar refractivity (Wildman–Crippen MR) is 123 cm³/mol. The Balaban J connectivity index is 1.34. The van der Waals surface area contributed by atoms with Gasteiger partial charge in [0, 0.05) is 36.1 Å². The van der Waals surface area contributed by atoms with Gasteiger partial charge in [0.15, 0.2) is 0 Å². The van der Waals surface area contributed by atoms with Crippen LogP contribution in [0.4, 0.5) is 0 Å². The molecule has 0 aliphatic heterocycles. The first-order valence-electron chi connectivity index (χ1n) is 10.9. The zero-order valence-electron chi connectivity index (χ0n) is 18.1. The lowest BCUT2D eigenvalue weighted by Crippen LogP contribution is -2.42. The number of benzene rings is 2. The Morgan fingerprint density at radius 1 is 1.09 bits per heavy atom. The largest absolute Gasteiger partial charge is 0.394 e. The Hall–Kier alpha value is -2.68. The molecule has 1 heterocycles. The number of aliphatic hydroxyl groups excluding tert-OH is 1. The monoisotopic (exact) mass is 455 g/mol. The molecule has 0 spiro atoms. The summed E-state index contributed by atoms with van der Waals surface area (Å²) in [7, 11) is -1.71. The molecule has 1 aromatic heterocycles. The van der Waals surface area contributed by atoms with E-state index in [1.165, 1.54) is 0 Å². The molecule has 1 fully saturated rings. The number of hydrogen-bond acceptors (Lipinski definition) is 4. The average molecular weight is 456 g/mol. The minimum Gasteiger partial charge on any atom is -0.394 e. The molecule has 8 heteroatoms. The fraction of sp³-hybridized carbons (Fsp3) is 0.375. The fourth-order valence-electron chi connectivity index (χ4n) is 4.40. The van der Waals surface area contributed by atoms with Crippen LogP contribution in [0.2, 0.25) is 0 Å². The Morgan fingerprint density at radius 3 is 2.50 bits per heavy atom. The number of carbonyl (C=O) groups excluding carboxylic acids is 1. The third-order valence-corrected chi connectivity index (χ3v) is 7.81. The third-order valence-electron chi connectivity index (χ3n) is 6.29. The molecule has 170 valence electrons. The highest BCUT2D eigenvalue weighted by Gasteiger charge is 2.30. The van der Waals surface area contributed by atoms with Gasteiger partial charge in [0.2, 0.25) is 15.9 Å². The molecule has 1 atom stereocenters. The number of aliphatic hydroxyl groups is 1. The van der Waals surface area contributed by atoms with Crippen LogP contribution >= 0.6 is 0 Å². The zero-order chi connectivity index (χ0) is 22.7. The smallest absolute Gasteiger partial charge is 0.240 e. The molecule has 0 bridgehead atoms. The van der Waals surface area contributed by atoms with Crippen molar-refractivity contribution in [3.05, 3.63) is 66.4 Å². The summed E-state index contributed by atoms with van der Waals surface area (Å²) in [5.74, 6) is -0.280. The number of rotatable bonds is 7. The summed E-state index contributed by atoms with van der Waals surface area (Å²) in [6.07, 6.45) is 4.30. The van der Waals surface area contributed by atoms with Crippen molar-refractivity contribution in [2.45, 2.75) is 42.7 Å². The van der Waals surface area contributed by atoms with E-state index in [1.54, 1.807) is 12.1 Å². The molecule has 1 saturated carbocycles. The SMILES string of the molecule is Cn1ccc2cc(S(=O)(=O)NC3CCC(C(=O)N[C@@H](CO)c4ccccc4)CC3)ccc21. The standard InChI is InChI=1S/C24H29N3O4S/c1-27-14-13-19-15-21(11-12-23(19)27)32(30,31)26-20-9-7-18(8-10-20)24(29)25-22(16-28)17-5-3-2-4-6-17/h2-6,11-15,18,20,22,26,28H,7-10,16H2,1H3,(H,25,29)/t18?,20?,22-/m0/s1.